The molecule has 37 heavy (non-hydrogen) atoms. The lowest BCUT2D eigenvalue weighted by Gasteiger charge is -2.34. The number of hydrogen-bond acceptors (Lipinski definition) is 7. The van der Waals surface area contributed by atoms with Crippen molar-refractivity contribution >= 4 is 16.9 Å². The van der Waals surface area contributed by atoms with E-state index in [1.807, 2.05) is 36.5 Å². The molecule has 1 aliphatic heterocycles. The normalized spacial score (nSPS) is 28.7. The Morgan fingerprint density at radius 3 is 2.81 bits per heavy atom. The topological polar surface area (TPSA) is 90.7 Å². The van der Waals surface area contributed by atoms with Crippen LogP contribution in [0.25, 0.3) is 11.0 Å². The van der Waals surface area contributed by atoms with Crippen LogP contribution in [0.2, 0.25) is 0 Å². The Morgan fingerprint density at radius 2 is 1.95 bits per heavy atom. The van der Waals surface area contributed by atoms with Crippen molar-refractivity contribution < 1.29 is 19.3 Å². The standard InChI is InChI=1S/C29H30N4O4/c1-35-20-9-6-18(7-10-20)29-36-15-19-14-24(25(34)26(19)37-29)33-13-12-22-27(30-16-31-28(22)33)32-23-11-8-17-4-2-3-5-21(17)23/h2-7,9-10,12-13,16,19,23-26,29,34H,8,11,14-15H2,1H3,(H,30,31,32)/t19-,23+,24+,25-,26+,29-/m1/s1. The number of anilines is 1. The minimum atomic E-state index is -0.668. The first-order valence-electron chi connectivity index (χ1n) is 12.9. The SMILES string of the molecule is COc1ccc([C@@H]2OC[C@H]3C[C@H](n4ccc5c(N[C@H]6CCc7ccccc76)ncnc54)[C@@H](O)[C@H]3O2)cc1. The Labute approximate surface area is 215 Å². The highest BCUT2D eigenvalue weighted by molar-refractivity contribution is 5.87. The van der Waals surface area contributed by atoms with Gasteiger partial charge in [0.2, 0.25) is 0 Å². The molecule has 0 amide bonds. The van der Waals surface area contributed by atoms with Gasteiger partial charge in [-0.15, -0.1) is 0 Å². The largest absolute Gasteiger partial charge is 0.497 e. The molecule has 2 aromatic carbocycles. The molecule has 0 radical (unpaired) electrons. The summed E-state index contributed by atoms with van der Waals surface area (Å²) in [7, 11) is 1.64. The molecular formula is C29H30N4O4. The average molecular weight is 499 g/mol. The number of methoxy groups -OCH3 is 1. The van der Waals surface area contributed by atoms with Crippen LogP contribution in [0, 0.1) is 5.92 Å². The number of ether oxygens (including phenoxy) is 3. The third-order valence-corrected chi connectivity index (χ3v) is 8.18. The third-order valence-electron chi connectivity index (χ3n) is 8.18. The summed E-state index contributed by atoms with van der Waals surface area (Å²) in [6.07, 6.45) is 5.01. The predicted octanol–water partition coefficient (Wildman–Crippen LogP) is 4.58. The van der Waals surface area contributed by atoms with E-state index in [0.29, 0.717) is 6.61 Å². The number of aliphatic hydroxyl groups is 1. The van der Waals surface area contributed by atoms with Gasteiger partial charge in [0.15, 0.2) is 6.29 Å². The van der Waals surface area contributed by atoms with E-state index in [-0.39, 0.29) is 24.1 Å². The lowest BCUT2D eigenvalue weighted by atomic mass is 10.0. The number of rotatable bonds is 5. The molecule has 4 aromatic rings. The van der Waals surface area contributed by atoms with Crippen LogP contribution in [-0.4, -0.2) is 45.6 Å². The Balaban J connectivity index is 1.12. The summed E-state index contributed by atoms with van der Waals surface area (Å²) in [6.45, 7) is 0.539. The molecule has 2 aromatic heterocycles. The summed E-state index contributed by atoms with van der Waals surface area (Å²) < 4.78 is 19.7. The summed E-state index contributed by atoms with van der Waals surface area (Å²) in [5.74, 6) is 1.72. The Kier molecular flexibility index (Phi) is 5.61. The van der Waals surface area contributed by atoms with Gasteiger partial charge in [0.1, 0.15) is 29.6 Å². The molecule has 3 heterocycles. The van der Waals surface area contributed by atoms with Crippen molar-refractivity contribution in [2.24, 2.45) is 5.92 Å². The van der Waals surface area contributed by atoms with Gasteiger partial charge in [-0.25, -0.2) is 9.97 Å². The highest BCUT2D eigenvalue weighted by Crippen LogP contribution is 2.45. The lowest BCUT2D eigenvalue weighted by molar-refractivity contribution is -0.249. The van der Waals surface area contributed by atoms with Crippen molar-refractivity contribution in [1.29, 1.82) is 0 Å². The van der Waals surface area contributed by atoms with Crippen LogP contribution in [0.1, 0.15) is 47.9 Å². The zero-order valence-electron chi connectivity index (χ0n) is 20.7. The highest BCUT2D eigenvalue weighted by Gasteiger charge is 2.48. The maximum atomic E-state index is 11.4. The molecule has 1 saturated heterocycles. The Bertz CT molecular complexity index is 1420. The molecule has 190 valence electrons. The van der Waals surface area contributed by atoms with Crippen LogP contribution < -0.4 is 10.1 Å². The predicted molar refractivity (Wildman–Crippen MR) is 138 cm³/mol. The van der Waals surface area contributed by atoms with E-state index in [2.05, 4.69) is 44.1 Å². The van der Waals surface area contributed by atoms with Crippen molar-refractivity contribution in [3.05, 3.63) is 83.8 Å². The molecule has 3 aliphatic rings. The molecule has 0 unspecified atom stereocenters. The van der Waals surface area contributed by atoms with Crippen LogP contribution in [0.3, 0.4) is 0 Å². The molecular weight excluding hydrogens is 468 g/mol. The zero-order chi connectivity index (χ0) is 24.9. The number of aliphatic hydroxyl groups excluding tert-OH is 1. The summed E-state index contributed by atoms with van der Waals surface area (Å²) in [4.78, 5) is 9.19. The van der Waals surface area contributed by atoms with Gasteiger partial charge in [0.05, 0.1) is 37.3 Å². The maximum absolute atomic E-state index is 11.4. The Hall–Kier alpha value is -3.46. The number of fused-ring (bicyclic) bond motifs is 3. The monoisotopic (exact) mass is 498 g/mol. The maximum Gasteiger partial charge on any atom is 0.184 e. The first kappa shape index (κ1) is 22.7. The van der Waals surface area contributed by atoms with E-state index in [4.69, 9.17) is 14.2 Å². The van der Waals surface area contributed by atoms with Crippen LogP contribution in [0.5, 0.6) is 5.75 Å². The number of hydrogen-bond donors (Lipinski definition) is 2. The van der Waals surface area contributed by atoms with Crippen LogP contribution >= 0.6 is 0 Å². The fraction of sp³-hybridized carbons (Fsp3) is 0.379. The van der Waals surface area contributed by atoms with Gasteiger partial charge < -0.3 is 29.2 Å². The molecule has 0 spiro atoms. The van der Waals surface area contributed by atoms with E-state index in [0.717, 1.165) is 47.4 Å². The van der Waals surface area contributed by atoms with Gasteiger partial charge in [-0.1, -0.05) is 36.4 Å². The first-order valence-corrected chi connectivity index (χ1v) is 12.9. The van der Waals surface area contributed by atoms with Gasteiger partial charge in [-0.3, -0.25) is 0 Å². The molecule has 8 nitrogen and oxygen atoms in total. The minimum absolute atomic E-state index is 0.112. The fourth-order valence-corrected chi connectivity index (χ4v) is 6.27. The van der Waals surface area contributed by atoms with E-state index >= 15 is 0 Å². The summed E-state index contributed by atoms with van der Waals surface area (Å²) in [5, 5.41) is 16.0. The van der Waals surface area contributed by atoms with Crippen molar-refractivity contribution in [2.45, 2.75) is 49.8 Å². The first-order chi connectivity index (χ1) is 18.2. The van der Waals surface area contributed by atoms with Gasteiger partial charge in [0.25, 0.3) is 0 Å². The van der Waals surface area contributed by atoms with Gasteiger partial charge in [-0.2, -0.15) is 0 Å². The van der Waals surface area contributed by atoms with Crippen molar-refractivity contribution in [3.63, 3.8) is 0 Å². The van der Waals surface area contributed by atoms with E-state index in [1.165, 1.54) is 11.1 Å². The van der Waals surface area contributed by atoms with E-state index in [1.54, 1.807) is 13.4 Å². The zero-order valence-corrected chi connectivity index (χ0v) is 20.7. The van der Waals surface area contributed by atoms with Gasteiger partial charge in [-0.05, 0) is 48.6 Å². The summed E-state index contributed by atoms with van der Waals surface area (Å²) >= 11 is 0. The molecule has 0 bridgehead atoms. The second-order valence-electron chi connectivity index (χ2n) is 10.2. The van der Waals surface area contributed by atoms with Crippen LogP contribution in [0.4, 0.5) is 5.82 Å². The van der Waals surface area contributed by atoms with Gasteiger partial charge in [0, 0.05) is 17.7 Å². The number of nitrogens with one attached hydrogen (secondary N) is 1. The van der Waals surface area contributed by atoms with Crippen molar-refractivity contribution in [3.8, 4) is 5.75 Å². The molecule has 2 N–H and O–H groups in total. The van der Waals surface area contributed by atoms with E-state index in [9.17, 15) is 5.11 Å². The quantitative estimate of drug-likeness (QED) is 0.416. The molecule has 7 rings (SSSR count). The number of aryl methyl sites for hydroxylation is 1. The molecule has 8 heteroatoms. The number of benzene rings is 2. The van der Waals surface area contributed by atoms with Crippen LogP contribution in [-0.2, 0) is 15.9 Å². The van der Waals surface area contributed by atoms with Gasteiger partial charge >= 0.3 is 0 Å². The lowest BCUT2D eigenvalue weighted by Crippen LogP contribution is -2.39. The Morgan fingerprint density at radius 1 is 1.08 bits per heavy atom. The molecule has 2 aliphatic carbocycles. The molecule has 6 atom stereocenters. The van der Waals surface area contributed by atoms with Crippen molar-refractivity contribution in [1.82, 2.24) is 14.5 Å². The van der Waals surface area contributed by atoms with E-state index < -0.39 is 12.4 Å². The fourth-order valence-electron chi connectivity index (χ4n) is 6.27. The minimum Gasteiger partial charge on any atom is -0.497 e. The highest BCUT2D eigenvalue weighted by atomic mass is 16.7. The van der Waals surface area contributed by atoms with Crippen LogP contribution in [0.15, 0.2) is 67.1 Å². The summed E-state index contributed by atoms with van der Waals surface area (Å²) in [6, 6.07) is 18.4. The smallest absolute Gasteiger partial charge is 0.184 e. The number of aromatic nitrogens is 3. The molecule has 1 saturated carbocycles. The second-order valence-corrected chi connectivity index (χ2v) is 10.2. The average Bonchev–Trinajstić information content (AvgIpc) is 3.65. The molecule has 2 fully saturated rings. The third kappa shape index (κ3) is 3.87. The van der Waals surface area contributed by atoms with Crippen molar-refractivity contribution in [2.75, 3.05) is 19.0 Å². The summed E-state index contributed by atoms with van der Waals surface area (Å²) in [5.41, 5.74) is 4.47. The second kappa shape index (κ2) is 9.13. The number of nitrogens with zero attached hydrogens (tertiary/aromatic N) is 3.